The molecule has 0 aliphatic heterocycles. The fourth-order valence-electron chi connectivity index (χ4n) is 3.44. The zero-order valence-corrected chi connectivity index (χ0v) is 21.7. The number of carbonyl (C=O) groups is 1. The highest BCUT2D eigenvalue weighted by Gasteiger charge is 2.27. The molecule has 4 rings (SSSR count). The van der Waals surface area contributed by atoms with Crippen LogP contribution in [0.1, 0.15) is 0 Å². The molecule has 1 aromatic heterocycles. The SMILES string of the molecule is O=C(CN(c1ccc([N+](=O)[O-])cc1)S(=O)(=O)c1ccccc1)Nc1ccc(S(=O)(=O)Nc2ccccn2)cc1. The van der Waals surface area contributed by atoms with Crippen LogP contribution < -0.4 is 14.3 Å². The lowest BCUT2D eigenvalue weighted by Gasteiger charge is -2.24. The van der Waals surface area contributed by atoms with Crippen molar-refractivity contribution in [3.63, 3.8) is 0 Å². The highest BCUT2D eigenvalue weighted by atomic mass is 32.2. The number of hydrogen-bond acceptors (Lipinski definition) is 8. The van der Waals surface area contributed by atoms with Crippen molar-refractivity contribution in [2.45, 2.75) is 9.79 Å². The highest BCUT2D eigenvalue weighted by molar-refractivity contribution is 7.93. The quantitative estimate of drug-likeness (QED) is 0.216. The summed E-state index contributed by atoms with van der Waals surface area (Å²) in [6, 6.07) is 22.2. The van der Waals surface area contributed by atoms with E-state index in [1.165, 1.54) is 72.9 Å². The number of anilines is 3. The summed E-state index contributed by atoms with van der Waals surface area (Å²) in [5, 5.41) is 13.6. The van der Waals surface area contributed by atoms with E-state index in [2.05, 4.69) is 15.0 Å². The Morgan fingerprint density at radius 2 is 1.46 bits per heavy atom. The molecule has 39 heavy (non-hydrogen) atoms. The number of nitro benzene ring substituents is 1. The molecule has 0 saturated heterocycles. The summed E-state index contributed by atoms with van der Waals surface area (Å²) >= 11 is 0. The van der Waals surface area contributed by atoms with Crippen LogP contribution in [-0.4, -0.2) is 39.2 Å². The van der Waals surface area contributed by atoms with Crippen molar-refractivity contribution >= 4 is 48.8 Å². The van der Waals surface area contributed by atoms with Crippen LogP contribution in [0.5, 0.6) is 0 Å². The van der Waals surface area contributed by atoms with Crippen LogP contribution in [0.2, 0.25) is 0 Å². The molecule has 0 saturated carbocycles. The van der Waals surface area contributed by atoms with Crippen LogP contribution in [0.15, 0.2) is 113 Å². The molecule has 0 spiro atoms. The lowest BCUT2D eigenvalue weighted by Crippen LogP contribution is -2.38. The number of carbonyl (C=O) groups excluding carboxylic acids is 1. The van der Waals surface area contributed by atoms with Gasteiger partial charge in [0.25, 0.3) is 25.7 Å². The maximum absolute atomic E-state index is 13.4. The van der Waals surface area contributed by atoms with Gasteiger partial charge in [-0.15, -0.1) is 0 Å². The molecule has 0 aliphatic rings. The number of aromatic nitrogens is 1. The van der Waals surface area contributed by atoms with E-state index in [9.17, 15) is 31.7 Å². The van der Waals surface area contributed by atoms with Crippen molar-refractivity contribution in [3.8, 4) is 0 Å². The van der Waals surface area contributed by atoms with Gasteiger partial charge in [-0.05, 0) is 60.7 Å². The van der Waals surface area contributed by atoms with Crippen molar-refractivity contribution in [1.82, 2.24) is 4.98 Å². The predicted octanol–water partition coefficient (Wildman–Crippen LogP) is 3.62. The molecule has 2 N–H and O–H groups in total. The molecular formula is C25H21N5O7S2. The second-order valence-corrected chi connectivity index (χ2v) is 11.5. The van der Waals surface area contributed by atoms with Crippen LogP contribution in [0, 0.1) is 10.1 Å². The Morgan fingerprint density at radius 1 is 0.821 bits per heavy atom. The molecule has 0 atom stereocenters. The van der Waals surface area contributed by atoms with E-state index in [4.69, 9.17) is 0 Å². The minimum Gasteiger partial charge on any atom is -0.325 e. The maximum Gasteiger partial charge on any atom is 0.269 e. The molecule has 0 aliphatic carbocycles. The molecule has 0 radical (unpaired) electrons. The highest BCUT2D eigenvalue weighted by Crippen LogP contribution is 2.26. The summed E-state index contributed by atoms with van der Waals surface area (Å²) in [4.78, 5) is 27.1. The number of pyridine rings is 1. The van der Waals surface area contributed by atoms with Crippen molar-refractivity contribution in [3.05, 3.63) is 113 Å². The number of benzene rings is 3. The van der Waals surface area contributed by atoms with Crippen LogP contribution in [0.4, 0.5) is 22.9 Å². The molecule has 0 bridgehead atoms. The van der Waals surface area contributed by atoms with Gasteiger partial charge in [-0.25, -0.2) is 21.8 Å². The second-order valence-electron chi connectivity index (χ2n) is 7.99. The first-order valence-electron chi connectivity index (χ1n) is 11.2. The Morgan fingerprint density at radius 3 is 2.05 bits per heavy atom. The fraction of sp³-hybridized carbons (Fsp3) is 0.0400. The van der Waals surface area contributed by atoms with Gasteiger partial charge in [0.15, 0.2) is 0 Å². The number of nitrogens with zero attached hydrogens (tertiary/aromatic N) is 3. The zero-order chi connectivity index (χ0) is 28.0. The standard InChI is InChI=1S/C25H21N5O7S2/c31-25(27-19-9-15-22(16-10-19)38(34,35)28-24-8-4-5-17-26-24)18-29(20-11-13-21(14-12-20)30(32)33)39(36,37)23-6-2-1-3-7-23/h1-17H,18H2,(H,26,28)(H,27,31). The van der Waals surface area contributed by atoms with E-state index in [1.807, 2.05) is 0 Å². The number of nitrogens with one attached hydrogen (secondary N) is 2. The van der Waals surface area contributed by atoms with E-state index in [1.54, 1.807) is 18.2 Å². The molecule has 0 fully saturated rings. The first-order valence-corrected chi connectivity index (χ1v) is 14.1. The van der Waals surface area contributed by atoms with Crippen molar-refractivity contribution < 1.29 is 26.6 Å². The zero-order valence-electron chi connectivity index (χ0n) is 20.0. The molecule has 1 heterocycles. The lowest BCUT2D eigenvalue weighted by molar-refractivity contribution is -0.384. The van der Waals surface area contributed by atoms with E-state index < -0.39 is 37.4 Å². The number of nitro groups is 1. The van der Waals surface area contributed by atoms with Gasteiger partial charge in [-0.3, -0.25) is 23.9 Å². The van der Waals surface area contributed by atoms with Gasteiger partial charge in [-0.2, -0.15) is 0 Å². The number of non-ortho nitro benzene ring substituents is 1. The second kappa shape index (κ2) is 11.3. The average Bonchev–Trinajstić information content (AvgIpc) is 2.93. The fourth-order valence-corrected chi connectivity index (χ4v) is 5.89. The molecule has 14 heteroatoms. The van der Waals surface area contributed by atoms with Crippen LogP contribution in [-0.2, 0) is 24.8 Å². The largest absolute Gasteiger partial charge is 0.325 e. The van der Waals surface area contributed by atoms with E-state index in [-0.39, 0.29) is 32.7 Å². The third-order valence-corrected chi connectivity index (χ3v) is 8.48. The number of amides is 1. The first kappa shape index (κ1) is 27.2. The van der Waals surface area contributed by atoms with Crippen LogP contribution in [0.25, 0.3) is 0 Å². The Bertz CT molecular complexity index is 1680. The molecule has 3 aromatic carbocycles. The summed E-state index contributed by atoms with van der Waals surface area (Å²) in [7, 11) is -8.16. The van der Waals surface area contributed by atoms with Crippen molar-refractivity contribution in [2.24, 2.45) is 0 Å². The Hall–Kier alpha value is -4.82. The normalized spacial score (nSPS) is 11.4. The third kappa shape index (κ3) is 6.55. The number of rotatable bonds is 10. The molecule has 1 amide bonds. The van der Waals surface area contributed by atoms with Gasteiger partial charge < -0.3 is 5.32 Å². The average molecular weight is 568 g/mol. The minimum atomic E-state index is -4.22. The molecular weight excluding hydrogens is 546 g/mol. The van der Waals surface area contributed by atoms with Gasteiger partial charge in [0.2, 0.25) is 5.91 Å². The smallest absolute Gasteiger partial charge is 0.269 e. The van der Waals surface area contributed by atoms with Crippen molar-refractivity contribution in [2.75, 3.05) is 20.9 Å². The summed E-state index contributed by atoms with van der Waals surface area (Å²) in [6.45, 7) is -0.656. The minimum absolute atomic E-state index is 0.0432. The monoisotopic (exact) mass is 567 g/mol. The van der Waals surface area contributed by atoms with Crippen LogP contribution in [0.3, 0.4) is 0 Å². The number of hydrogen-bond donors (Lipinski definition) is 2. The summed E-state index contributed by atoms with van der Waals surface area (Å²) in [5.74, 6) is -0.587. The van der Waals surface area contributed by atoms with Gasteiger partial charge in [-0.1, -0.05) is 24.3 Å². The molecule has 12 nitrogen and oxygen atoms in total. The predicted molar refractivity (Wildman–Crippen MR) is 144 cm³/mol. The maximum atomic E-state index is 13.4. The Balaban J connectivity index is 1.54. The molecule has 4 aromatic rings. The molecule has 200 valence electrons. The van der Waals surface area contributed by atoms with Crippen molar-refractivity contribution in [1.29, 1.82) is 0 Å². The summed E-state index contributed by atoms with van der Waals surface area (Å²) in [6.07, 6.45) is 1.44. The first-order chi connectivity index (χ1) is 18.6. The van der Waals surface area contributed by atoms with E-state index in [0.717, 1.165) is 16.4 Å². The summed E-state index contributed by atoms with van der Waals surface area (Å²) in [5.41, 5.74) is 0.0204. The topological polar surface area (TPSA) is 169 Å². The number of sulfonamides is 2. The summed E-state index contributed by atoms with van der Waals surface area (Å²) < 4.78 is 55.1. The lowest BCUT2D eigenvalue weighted by atomic mass is 10.3. The van der Waals surface area contributed by atoms with E-state index >= 15 is 0 Å². The van der Waals surface area contributed by atoms with Gasteiger partial charge in [0.05, 0.1) is 20.4 Å². The Labute approximate surface area is 224 Å². The van der Waals surface area contributed by atoms with E-state index in [0.29, 0.717) is 0 Å². The van der Waals surface area contributed by atoms with Crippen LogP contribution >= 0.6 is 0 Å². The van der Waals surface area contributed by atoms with Gasteiger partial charge in [0.1, 0.15) is 12.4 Å². The molecule has 0 unspecified atom stereocenters. The Kier molecular flexibility index (Phi) is 7.88. The third-order valence-electron chi connectivity index (χ3n) is 5.32. The van der Waals surface area contributed by atoms with Gasteiger partial charge >= 0.3 is 0 Å². The van der Waals surface area contributed by atoms with Gasteiger partial charge in [0, 0.05) is 24.0 Å².